The van der Waals surface area contributed by atoms with Crippen LogP contribution in [-0.4, -0.2) is 24.5 Å². The van der Waals surface area contributed by atoms with Crippen LogP contribution in [0.5, 0.6) is 0 Å². The van der Waals surface area contributed by atoms with Crippen LogP contribution in [0.3, 0.4) is 0 Å². The first kappa shape index (κ1) is 10.8. The summed E-state index contributed by atoms with van der Waals surface area (Å²) in [6.45, 7) is 0.549. The molecule has 0 spiro atoms. The highest BCUT2D eigenvalue weighted by Crippen LogP contribution is 2.08. The third-order valence-corrected chi connectivity index (χ3v) is 1.86. The molecule has 1 rings (SSSR count). The first-order valence-electron chi connectivity index (χ1n) is 4.29. The maximum absolute atomic E-state index is 10.9. The molecule has 4 nitrogen and oxygen atoms in total. The fourth-order valence-corrected chi connectivity index (χ4v) is 1.10. The first-order chi connectivity index (χ1) is 6.72. The molecule has 1 aromatic rings. The van der Waals surface area contributed by atoms with Gasteiger partial charge in [0.15, 0.2) is 0 Å². The number of amides is 1. The minimum absolute atomic E-state index is 0.000437. The van der Waals surface area contributed by atoms with Crippen LogP contribution in [-0.2, 0) is 4.79 Å². The van der Waals surface area contributed by atoms with Crippen molar-refractivity contribution in [1.29, 1.82) is 0 Å². The van der Waals surface area contributed by atoms with E-state index in [9.17, 15) is 4.79 Å². The zero-order valence-electron chi connectivity index (χ0n) is 7.88. The largest absolute Gasteiger partial charge is 0.370 e. The number of nitrogens with one attached hydrogen (secondary N) is 2. The SMILES string of the molecule is CNC(=O)CCNc1cccc(Cl)n1. The molecular weight excluding hydrogens is 202 g/mol. The molecule has 5 heteroatoms. The van der Waals surface area contributed by atoms with Gasteiger partial charge in [-0.1, -0.05) is 17.7 Å². The first-order valence-corrected chi connectivity index (χ1v) is 4.67. The molecule has 1 aromatic heterocycles. The molecule has 1 amide bonds. The molecular formula is C9H12ClN3O. The minimum atomic E-state index is -0.000437. The van der Waals surface area contributed by atoms with Crippen LogP contribution in [0.4, 0.5) is 5.82 Å². The normalized spacial score (nSPS) is 9.57. The summed E-state index contributed by atoms with van der Waals surface area (Å²) >= 11 is 5.68. The van der Waals surface area contributed by atoms with Crippen molar-refractivity contribution in [2.75, 3.05) is 18.9 Å². The van der Waals surface area contributed by atoms with Crippen molar-refractivity contribution >= 4 is 23.3 Å². The molecule has 0 aliphatic heterocycles. The summed E-state index contributed by atoms with van der Waals surface area (Å²) in [5.74, 6) is 0.681. The van der Waals surface area contributed by atoms with Gasteiger partial charge in [-0.3, -0.25) is 4.79 Å². The van der Waals surface area contributed by atoms with Crippen molar-refractivity contribution < 1.29 is 4.79 Å². The van der Waals surface area contributed by atoms with E-state index in [1.165, 1.54) is 0 Å². The van der Waals surface area contributed by atoms with Crippen LogP contribution >= 0.6 is 11.6 Å². The van der Waals surface area contributed by atoms with Gasteiger partial charge in [0.25, 0.3) is 0 Å². The number of carbonyl (C=O) groups is 1. The van der Waals surface area contributed by atoms with E-state index in [0.29, 0.717) is 23.9 Å². The Bertz CT molecular complexity index is 317. The van der Waals surface area contributed by atoms with Crippen LogP contribution in [0.1, 0.15) is 6.42 Å². The van der Waals surface area contributed by atoms with Gasteiger partial charge in [-0.15, -0.1) is 0 Å². The van der Waals surface area contributed by atoms with Crippen LogP contribution < -0.4 is 10.6 Å². The monoisotopic (exact) mass is 213 g/mol. The summed E-state index contributed by atoms with van der Waals surface area (Å²) in [4.78, 5) is 14.9. The fourth-order valence-electron chi connectivity index (χ4n) is 0.936. The van der Waals surface area contributed by atoms with Crippen molar-refractivity contribution in [2.45, 2.75) is 6.42 Å². The quantitative estimate of drug-likeness (QED) is 0.741. The van der Waals surface area contributed by atoms with Crippen molar-refractivity contribution in [1.82, 2.24) is 10.3 Å². The Labute approximate surface area is 87.7 Å². The maximum atomic E-state index is 10.9. The van der Waals surface area contributed by atoms with Crippen molar-refractivity contribution in [2.24, 2.45) is 0 Å². The van der Waals surface area contributed by atoms with Gasteiger partial charge in [0.1, 0.15) is 11.0 Å². The van der Waals surface area contributed by atoms with E-state index in [2.05, 4.69) is 15.6 Å². The topological polar surface area (TPSA) is 54.0 Å². The van der Waals surface area contributed by atoms with Crippen LogP contribution in [0, 0.1) is 0 Å². The Kier molecular flexibility index (Phi) is 4.19. The molecule has 0 saturated carbocycles. The van der Waals surface area contributed by atoms with Gasteiger partial charge in [0, 0.05) is 20.0 Å². The molecule has 0 atom stereocenters. The second kappa shape index (κ2) is 5.44. The van der Waals surface area contributed by atoms with E-state index in [4.69, 9.17) is 11.6 Å². The summed E-state index contributed by atoms with van der Waals surface area (Å²) in [6.07, 6.45) is 0.421. The highest BCUT2D eigenvalue weighted by molar-refractivity contribution is 6.29. The van der Waals surface area contributed by atoms with Crippen LogP contribution in [0.25, 0.3) is 0 Å². The third kappa shape index (κ3) is 3.62. The molecule has 0 saturated heterocycles. The molecule has 1 heterocycles. The van der Waals surface area contributed by atoms with Crippen molar-refractivity contribution in [3.63, 3.8) is 0 Å². The number of hydrogen-bond donors (Lipinski definition) is 2. The lowest BCUT2D eigenvalue weighted by atomic mass is 10.4. The molecule has 0 bridgehead atoms. The van der Waals surface area contributed by atoms with E-state index < -0.39 is 0 Å². The molecule has 14 heavy (non-hydrogen) atoms. The van der Waals surface area contributed by atoms with Crippen molar-refractivity contribution in [3.8, 4) is 0 Å². The zero-order valence-corrected chi connectivity index (χ0v) is 8.64. The van der Waals surface area contributed by atoms with E-state index in [0.717, 1.165) is 0 Å². The highest BCUT2D eigenvalue weighted by Gasteiger charge is 1.98. The number of hydrogen-bond acceptors (Lipinski definition) is 3. The Morgan fingerprint density at radius 1 is 1.57 bits per heavy atom. The minimum Gasteiger partial charge on any atom is -0.370 e. The van der Waals surface area contributed by atoms with Gasteiger partial charge in [-0.05, 0) is 12.1 Å². The number of pyridine rings is 1. The van der Waals surface area contributed by atoms with E-state index >= 15 is 0 Å². The molecule has 0 unspecified atom stereocenters. The second-order valence-electron chi connectivity index (χ2n) is 2.70. The lowest BCUT2D eigenvalue weighted by molar-refractivity contribution is -0.120. The van der Waals surface area contributed by atoms with Gasteiger partial charge in [0.2, 0.25) is 5.91 Å². The van der Waals surface area contributed by atoms with E-state index in [-0.39, 0.29) is 5.91 Å². The Morgan fingerprint density at radius 3 is 3.00 bits per heavy atom. The molecule has 0 fully saturated rings. The molecule has 0 radical (unpaired) electrons. The lowest BCUT2D eigenvalue weighted by Gasteiger charge is -2.04. The Balaban J connectivity index is 2.35. The number of aromatic nitrogens is 1. The zero-order chi connectivity index (χ0) is 10.4. The summed E-state index contributed by atoms with van der Waals surface area (Å²) in [7, 11) is 1.61. The van der Waals surface area contributed by atoms with Gasteiger partial charge in [-0.25, -0.2) is 4.98 Å². The van der Waals surface area contributed by atoms with Gasteiger partial charge in [-0.2, -0.15) is 0 Å². The number of anilines is 1. The van der Waals surface area contributed by atoms with E-state index in [1.54, 1.807) is 25.2 Å². The smallest absolute Gasteiger partial charge is 0.221 e. The predicted octanol–water partition coefficient (Wildman–Crippen LogP) is 1.28. The Hall–Kier alpha value is -1.29. The number of halogens is 1. The number of carbonyl (C=O) groups excluding carboxylic acids is 1. The van der Waals surface area contributed by atoms with Crippen LogP contribution in [0.15, 0.2) is 18.2 Å². The summed E-state index contributed by atoms with van der Waals surface area (Å²) in [5, 5.41) is 5.97. The third-order valence-electron chi connectivity index (χ3n) is 1.65. The molecule has 76 valence electrons. The second-order valence-corrected chi connectivity index (χ2v) is 3.08. The van der Waals surface area contributed by atoms with Crippen molar-refractivity contribution in [3.05, 3.63) is 23.4 Å². The van der Waals surface area contributed by atoms with Gasteiger partial charge < -0.3 is 10.6 Å². The summed E-state index contributed by atoms with van der Waals surface area (Å²) < 4.78 is 0. The summed E-state index contributed by atoms with van der Waals surface area (Å²) in [6, 6.07) is 5.30. The highest BCUT2D eigenvalue weighted by atomic mass is 35.5. The number of nitrogens with zero attached hydrogens (tertiary/aromatic N) is 1. The number of rotatable bonds is 4. The summed E-state index contributed by atoms with van der Waals surface area (Å²) in [5.41, 5.74) is 0. The fraction of sp³-hybridized carbons (Fsp3) is 0.333. The average Bonchev–Trinajstić information content (AvgIpc) is 2.17. The lowest BCUT2D eigenvalue weighted by Crippen LogP contribution is -2.20. The molecule has 0 aliphatic rings. The Morgan fingerprint density at radius 2 is 2.36 bits per heavy atom. The standard InChI is InChI=1S/C9H12ClN3O/c1-11-9(14)5-6-12-8-4-2-3-7(10)13-8/h2-4H,5-6H2,1H3,(H,11,14)(H,12,13). The molecule has 0 aromatic carbocycles. The van der Waals surface area contributed by atoms with Crippen LogP contribution in [0.2, 0.25) is 5.15 Å². The average molecular weight is 214 g/mol. The molecule has 2 N–H and O–H groups in total. The van der Waals surface area contributed by atoms with Gasteiger partial charge >= 0.3 is 0 Å². The maximum Gasteiger partial charge on any atom is 0.221 e. The predicted molar refractivity (Wildman–Crippen MR) is 56.4 cm³/mol. The van der Waals surface area contributed by atoms with Gasteiger partial charge in [0.05, 0.1) is 0 Å². The molecule has 0 aliphatic carbocycles. The van der Waals surface area contributed by atoms with E-state index in [1.807, 2.05) is 0 Å².